The quantitative estimate of drug-likeness (QED) is 0.441. The van der Waals surface area contributed by atoms with Crippen LogP contribution in [0.4, 0.5) is 11.4 Å². The lowest BCUT2D eigenvalue weighted by Gasteiger charge is -2.38. The molecule has 3 rings (SSSR count). The highest BCUT2D eigenvalue weighted by Crippen LogP contribution is 2.46. The van der Waals surface area contributed by atoms with Gasteiger partial charge in [0.1, 0.15) is 0 Å². The van der Waals surface area contributed by atoms with Gasteiger partial charge in [-0.15, -0.1) is 0 Å². The summed E-state index contributed by atoms with van der Waals surface area (Å²) in [5.41, 5.74) is 9.21. The Hall–Kier alpha value is -1.64. The molecule has 1 aliphatic rings. The van der Waals surface area contributed by atoms with Crippen molar-refractivity contribution in [3.63, 3.8) is 0 Å². The van der Waals surface area contributed by atoms with Gasteiger partial charge in [0.15, 0.2) is 0 Å². The minimum absolute atomic E-state index is 1.05. The molecular weight excluding hydrogens is 351 g/mol. The van der Waals surface area contributed by atoms with Gasteiger partial charge in [-0.3, -0.25) is 9.80 Å². The minimum Gasteiger partial charge on any atom is -0.297 e. The lowest BCUT2D eigenvalue weighted by Crippen LogP contribution is -2.45. The Balaban J connectivity index is 2.09. The van der Waals surface area contributed by atoms with Crippen molar-refractivity contribution < 1.29 is 0 Å². The fourth-order valence-electron chi connectivity index (χ4n) is 3.95. The van der Waals surface area contributed by atoms with Gasteiger partial charge in [-0.1, -0.05) is 58.6 Å². The van der Waals surface area contributed by atoms with E-state index in [4.69, 9.17) is 23.2 Å². The number of benzene rings is 2. The van der Waals surface area contributed by atoms with Crippen LogP contribution in [0.5, 0.6) is 0 Å². The molecule has 2 aromatic rings. The Morgan fingerprint density at radius 3 is 1.16 bits per heavy atom. The van der Waals surface area contributed by atoms with E-state index in [1.807, 2.05) is 22.2 Å². The molecule has 0 atom stereocenters. The molecule has 0 bridgehead atoms. The second kappa shape index (κ2) is 6.26. The number of aryl methyl sites for hydroxylation is 6. The Morgan fingerprint density at radius 1 is 0.600 bits per heavy atom. The lowest BCUT2D eigenvalue weighted by atomic mass is 10.0. The summed E-state index contributed by atoms with van der Waals surface area (Å²) in [5, 5.41) is 0. The molecule has 0 saturated carbocycles. The lowest BCUT2D eigenvalue weighted by molar-refractivity contribution is 0.812. The van der Waals surface area contributed by atoms with Gasteiger partial charge in [-0.05, 0) is 63.8 Å². The van der Waals surface area contributed by atoms with Crippen LogP contribution in [0, 0.1) is 41.5 Å². The number of rotatable bonds is 2. The number of nitrogens with zero attached hydrogens (tertiary/aromatic N) is 2. The second-order valence-electron chi connectivity index (χ2n) is 7.04. The van der Waals surface area contributed by atoms with Crippen molar-refractivity contribution in [1.29, 1.82) is 0 Å². The van der Waals surface area contributed by atoms with Crippen molar-refractivity contribution in [2.24, 2.45) is 0 Å². The van der Waals surface area contributed by atoms with Gasteiger partial charge in [0.2, 0.25) is 0 Å². The molecule has 0 fully saturated rings. The molecule has 0 aliphatic carbocycles. The number of anilines is 2. The van der Waals surface area contributed by atoms with Crippen molar-refractivity contribution in [1.82, 2.24) is 0 Å². The summed E-state index contributed by atoms with van der Waals surface area (Å²) in [6, 6.07) is 8.63. The smallest absolute Gasteiger partial charge is 0.278 e. The summed E-state index contributed by atoms with van der Waals surface area (Å²) in [6.07, 6.45) is 3.92. The molecule has 0 N–H and O–H groups in total. The maximum Gasteiger partial charge on any atom is 0.278 e. The molecule has 2 aromatic carbocycles. The van der Waals surface area contributed by atoms with Gasteiger partial charge in [-0.2, -0.15) is 0 Å². The first-order valence-corrected chi connectivity index (χ1v) is 9.19. The normalized spacial score (nSPS) is 16.0. The van der Waals surface area contributed by atoms with E-state index in [0.717, 1.165) is 33.6 Å². The van der Waals surface area contributed by atoms with E-state index >= 15 is 0 Å². The Morgan fingerprint density at radius 2 is 0.880 bits per heavy atom. The molecule has 0 spiro atoms. The predicted molar refractivity (Wildman–Crippen MR) is 110 cm³/mol. The van der Waals surface area contributed by atoms with Gasteiger partial charge < -0.3 is 0 Å². The van der Waals surface area contributed by atoms with E-state index < -0.39 is 4.58 Å². The van der Waals surface area contributed by atoms with Crippen LogP contribution in [0.25, 0.3) is 0 Å². The zero-order chi connectivity index (χ0) is 18.5. The Bertz CT molecular complexity index is 753. The minimum atomic E-state index is -1.21. The molecule has 0 unspecified atom stereocenters. The summed E-state index contributed by atoms with van der Waals surface area (Å²) >= 11 is 13.8. The first-order chi connectivity index (χ1) is 11.6. The third kappa shape index (κ3) is 3.02. The van der Waals surface area contributed by atoms with Crippen molar-refractivity contribution >= 4 is 34.6 Å². The van der Waals surface area contributed by atoms with Crippen molar-refractivity contribution in [3.05, 3.63) is 70.0 Å². The first-order valence-electron chi connectivity index (χ1n) is 8.43. The van der Waals surface area contributed by atoms with Gasteiger partial charge in [0, 0.05) is 12.4 Å². The number of hydrogen-bond acceptors (Lipinski definition) is 2. The summed E-state index contributed by atoms with van der Waals surface area (Å²) in [6.45, 7) is 12.6. The van der Waals surface area contributed by atoms with Crippen molar-refractivity contribution in [2.75, 3.05) is 9.80 Å². The van der Waals surface area contributed by atoms with E-state index in [-0.39, 0.29) is 0 Å². The molecule has 1 aliphatic heterocycles. The monoisotopic (exact) mass is 374 g/mol. The van der Waals surface area contributed by atoms with Gasteiger partial charge in [0.25, 0.3) is 4.58 Å². The van der Waals surface area contributed by atoms with Gasteiger partial charge in [-0.25, -0.2) is 0 Å². The summed E-state index contributed by atoms with van der Waals surface area (Å²) in [5.74, 6) is 0. The van der Waals surface area contributed by atoms with Crippen LogP contribution in [0.1, 0.15) is 33.4 Å². The molecule has 132 valence electrons. The average molecular weight is 375 g/mol. The third-order valence-corrected chi connectivity index (χ3v) is 5.43. The van der Waals surface area contributed by atoms with Crippen LogP contribution in [0.15, 0.2) is 36.7 Å². The number of alkyl halides is 2. The summed E-state index contributed by atoms with van der Waals surface area (Å²) in [7, 11) is 0. The van der Waals surface area contributed by atoms with E-state index in [9.17, 15) is 0 Å². The molecule has 0 radical (unpaired) electrons. The molecular formula is C21H24Cl2N2. The molecule has 0 amide bonds. The Kier molecular flexibility index (Phi) is 4.55. The maximum absolute atomic E-state index is 6.89. The van der Waals surface area contributed by atoms with E-state index in [2.05, 4.69) is 65.8 Å². The zero-order valence-corrected chi connectivity index (χ0v) is 17.1. The maximum atomic E-state index is 6.89. The Labute approximate surface area is 160 Å². The van der Waals surface area contributed by atoms with E-state index in [1.54, 1.807) is 0 Å². The van der Waals surface area contributed by atoms with Crippen LogP contribution in [-0.4, -0.2) is 4.58 Å². The first kappa shape index (κ1) is 18.2. The van der Waals surface area contributed by atoms with Gasteiger partial charge in [0.05, 0.1) is 11.4 Å². The van der Waals surface area contributed by atoms with Crippen LogP contribution in [0.2, 0.25) is 0 Å². The number of hydrogen-bond donors (Lipinski definition) is 0. The fourth-order valence-corrected chi connectivity index (χ4v) is 4.52. The molecule has 2 nitrogen and oxygen atoms in total. The van der Waals surface area contributed by atoms with Gasteiger partial charge >= 0.3 is 0 Å². The highest BCUT2D eigenvalue weighted by molar-refractivity contribution is 6.51. The highest BCUT2D eigenvalue weighted by Gasteiger charge is 2.43. The molecule has 1 heterocycles. The standard InChI is InChI=1S/C21H24Cl2N2/c1-13-9-15(3)19(16(4)10-13)24-7-8-25(21(24,22)23)20-17(5)11-14(2)12-18(20)6/h7-12H,1-6H3. The molecule has 25 heavy (non-hydrogen) atoms. The second-order valence-corrected chi connectivity index (χ2v) is 8.29. The third-order valence-electron chi connectivity index (χ3n) is 4.70. The molecule has 0 saturated heterocycles. The zero-order valence-electron chi connectivity index (χ0n) is 15.6. The van der Waals surface area contributed by atoms with Crippen molar-refractivity contribution in [3.8, 4) is 0 Å². The fraction of sp³-hybridized carbons (Fsp3) is 0.333. The van der Waals surface area contributed by atoms with Crippen molar-refractivity contribution in [2.45, 2.75) is 46.1 Å². The predicted octanol–water partition coefficient (Wildman–Crippen LogP) is 6.42. The number of halogens is 2. The SMILES string of the molecule is Cc1cc(C)c(N2C=CN(c3c(C)cc(C)cc3C)C2(Cl)Cl)c(C)c1. The largest absolute Gasteiger partial charge is 0.297 e. The van der Waals surface area contributed by atoms with Crippen LogP contribution in [0.3, 0.4) is 0 Å². The molecule has 4 heteroatoms. The van der Waals surface area contributed by atoms with Crippen LogP contribution < -0.4 is 9.80 Å². The van der Waals surface area contributed by atoms with E-state index in [1.165, 1.54) is 11.1 Å². The summed E-state index contributed by atoms with van der Waals surface area (Å²) < 4.78 is -1.21. The van der Waals surface area contributed by atoms with E-state index in [0.29, 0.717) is 0 Å². The average Bonchev–Trinajstić information content (AvgIpc) is 2.73. The summed E-state index contributed by atoms with van der Waals surface area (Å²) in [4.78, 5) is 3.89. The molecule has 0 aromatic heterocycles. The van der Waals surface area contributed by atoms with Crippen LogP contribution >= 0.6 is 23.2 Å². The van der Waals surface area contributed by atoms with Crippen LogP contribution in [-0.2, 0) is 0 Å². The topological polar surface area (TPSA) is 6.48 Å². The highest BCUT2D eigenvalue weighted by atomic mass is 35.5.